The van der Waals surface area contributed by atoms with E-state index in [4.69, 9.17) is 4.74 Å². The summed E-state index contributed by atoms with van der Waals surface area (Å²) in [5.41, 5.74) is 1.24. The fourth-order valence-corrected chi connectivity index (χ4v) is 2.52. The first kappa shape index (κ1) is 18.8. The van der Waals surface area contributed by atoms with Gasteiger partial charge >= 0.3 is 0 Å². The maximum absolute atomic E-state index is 5.91. The summed E-state index contributed by atoms with van der Waals surface area (Å²) in [6, 6.07) is 10.1. The number of guanidine groups is 1. The zero-order chi connectivity index (χ0) is 17.9. The molecular formula is C19H29N5O. The summed E-state index contributed by atoms with van der Waals surface area (Å²) in [5.74, 6) is 2.20. The van der Waals surface area contributed by atoms with Crippen molar-refractivity contribution in [1.29, 1.82) is 0 Å². The second kappa shape index (κ2) is 10.4. The molecule has 2 aromatic rings. The number of ether oxygens (including phenoxy) is 1. The van der Waals surface area contributed by atoms with Crippen LogP contribution in [-0.4, -0.2) is 42.5 Å². The number of nitrogens with zero attached hydrogens (tertiary/aromatic N) is 3. The van der Waals surface area contributed by atoms with Gasteiger partial charge in [0, 0.05) is 32.5 Å². The van der Waals surface area contributed by atoms with Gasteiger partial charge in [0.2, 0.25) is 0 Å². The molecule has 2 rings (SSSR count). The maximum atomic E-state index is 5.91. The number of aromatic nitrogens is 2. The topological polar surface area (TPSA) is 63.5 Å². The molecule has 0 fully saturated rings. The SMILES string of the molecule is CN=C(NCCCn1cccn1)NCCOc1ccccc1C(C)C. The Morgan fingerprint density at radius 3 is 2.72 bits per heavy atom. The Morgan fingerprint density at radius 2 is 2.00 bits per heavy atom. The Hall–Kier alpha value is -2.50. The smallest absolute Gasteiger partial charge is 0.191 e. The Balaban J connectivity index is 1.64. The van der Waals surface area contributed by atoms with Crippen LogP contribution in [0.2, 0.25) is 0 Å². The monoisotopic (exact) mass is 343 g/mol. The van der Waals surface area contributed by atoms with Crippen molar-refractivity contribution in [2.75, 3.05) is 26.7 Å². The summed E-state index contributed by atoms with van der Waals surface area (Å²) < 4.78 is 7.84. The fraction of sp³-hybridized carbons (Fsp3) is 0.474. The molecule has 136 valence electrons. The highest BCUT2D eigenvalue weighted by atomic mass is 16.5. The van der Waals surface area contributed by atoms with Crippen molar-refractivity contribution >= 4 is 5.96 Å². The van der Waals surface area contributed by atoms with Gasteiger partial charge in [0.15, 0.2) is 5.96 Å². The van der Waals surface area contributed by atoms with Gasteiger partial charge in [0.1, 0.15) is 12.4 Å². The highest BCUT2D eigenvalue weighted by molar-refractivity contribution is 5.79. The Kier molecular flexibility index (Phi) is 7.82. The Bertz CT molecular complexity index is 637. The number of benzene rings is 1. The standard InChI is InChI=1S/C19H29N5O/c1-16(2)17-8-4-5-9-18(17)25-15-12-22-19(20-3)21-10-6-13-24-14-7-11-23-24/h4-5,7-9,11,14,16H,6,10,12-13,15H2,1-3H3,(H2,20,21,22). The van der Waals surface area contributed by atoms with Crippen LogP contribution in [0.4, 0.5) is 0 Å². The lowest BCUT2D eigenvalue weighted by molar-refractivity contribution is 0.317. The molecule has 0 unspecified atom stereocenters. The van der Waals surface area contributed by atoms with E-state index in [0.717, 1.165) is 31.2 Å². The zero-order valence-corrected chi connectivity index (χ0v) is 15.4. The van der Waals surface area contributed by atoms with Crippen LogP contribution in [0.25, 0.3) is 0 Å². The van der Waals surface area contributed by atoms with Crippen LogP contribution >= 0.6 is 0 Å². The van der Waals surface area contributed by atoms with Crippen LogP contribution in [0.5, 0.6) is 5.75 Å². The molecule has 0 bridgehead atoms. The van der Waals surface area contributed by atoms with E-state index < -0.39 is 0 Å². The van der Waals surface area contributed by atoms with Crippen molar-refractivity contribution in [3.05, 3.63) is 48.3 Å². The van der Waals surface area contributed by atoms with Crippen LogP contribution in [0.1, 0.15) is 31.7 Å². The number of nitrogens with one attached hydrogen (secondary N) is 2. The molecule has 0 radical (unpaired) electrons. The van der Waals surface area contributed by atoms with E-state index in [0.29, 0.717) is 19.1 Å². The van der Waals surface area contributed by atoms with Gasteiger partial charge in [0.05, 0.1) is 6.54 Å². The first-order valence-electron chi connectivity index (χ1n) is 8.84. The number of hydrogen-bond acceptors (Lipinski definition) is 3. The molecule has 0 aliphatic rings. The number of rotatable bonds is 9. The van der Waals surface area contributed by atoms with Gasteiger partial charge in [-0.25, -0.2) is 0 Å². The van der Waals surface area contributed by atoms with Crippen molar-refractivity contribution in [2.45, 2.75) is 32.7 Å². The lowest BCUT2D eigenvalue weighted by Gasteiger charge is -2.15. The van der Waals surface area contributed by atoms with Gasteiger partial charge in [-0.3, -0.25) is 9.67 Å². The molecule has 2 N–H and O–H groups in total. The molecule has 0 aliphatic heterocycles. The maximum Gasteiger partial charge on any atom is 0.191 e. The minimum absolute atomic E-state index is 0.452. The van der Waals surface area contributed by atoms with Gasteiger partial charge < -0.3 is 15.4 Å². The van der Waals surface area contributed by atoms with E-state index in [9.17, 15) is 0 Å². The minimum Gasteiger partial charge on any atom is -0.491 e. The summed E-state index contributed by atoms with van der Waals surface area (Å²) in [6.07, 6.45) is 4.76. The van der Waals surface area contributed by atoms with Crippen LogP contribution < -0.4 is 15.4 Å². The summed E-state index contributed by atoms with van der Waals surface area (Å²) in [5, 5.41) is 10.8. The van der Waals surface area contributed by atoms with Gasteiger partial charge in [-0.1, -0.05) is 32.0 Å². The van der Waals surface area contributed by atoms with E-state index in [-0.39, 0.29) is 0 Å². The number of para-hydroxylation sites is 1. The first-order valence-corrected chi connectivity index (χ1v) is 8.84. The number of aryl methyl sites for hydroxylation is 1. The molecular weight excluding hydrogens is 314 g/mol. The molecule has 0 amide bonds. The molecule has 1 heterocycles. The van der Waals surface area contributed by atoms with Crippen molar-refractivity contribution in [3.63, 3.8) is 0 Å². The highest BCUT2D eigenvalue weighted by Gasteiger charge is 2.06. The van der Waals surface area contributed by atoms with Crippen molar-refractivity contribution in [1.82, 2.24) is 20.4 Å². The molecule has 0 aliphatic carbocycles. The second-order valence-electron chi connectivity index (χ2n) is 6.09. The van der Waals surface area contributed by atoms with E-state index in [2.05, 4.69) is 46.7 Å². The van der Waals surface area contributed by atoms with E-state index in [1.807, 2.05) is 29.1 Å². The summed E-state index contributed by atoms with van der Waals surface area (Å²) >= 11 is 0. The quantitative estimate of drug-likeness (QED) is 0.417. The second-order valence-corrected chi connectivity index (χ2v) is 6.09. The molecule has 0 saturated heterocycles. The predicted molar refractivity (Wildman–Crippen MR) is 102 cm³/mol. The minimum atomic E-state index is 0.452. The number of aliphatic imine (C=N–C) groups is 1. The van der Waals surface area contributed by atoms with E-state index in [1.165, 1.54) is 5.56 Å². The molecule has 0 spiro atoms. The third kappa shape index (κ3) is 6.49. The molecule has 0 saturated carbocycles. The Labute approximate surface area is 150 Å². The van der Waals surface area contributed by atoms with Gasteiger partial charge in [0.25, 0.3) is 0 Å². The van der Waals surface area contributed by atoms with Crippen LogP contribution in [-0.2, 0) is 6.54 Å². The van der Waals surface area contributed by atoms with E-state index >= 15 is 0 Å². The lowest BCUT2D eigenvalue weighted by Crippen LogP contribution is -2.39. The highest BCUT2D eigenvalue weighted by Crippen LogP contribution is 2.25. The average molecular weight is 343 g/mol. The molecule has 25 heavy (non-hydrogen) atoms. The van der Waals surface area contributed by atoms with Gasteiger partial charge in [-0.2, -0.15) is 5.10 Å². The largest absolute Gasteiger partial charge is 0.491 e. The summed E-state index contributed by atoms with van der Waals surface area (Å²) in [6.45, 7) is 7.39. The van der Waals surface area contributed by atoms with Crippen LogP contribution in [0.15, 0.2) is 47.7 Å². The van der Waals surface area contributed by atoms with Crippen molar-refractivity contribution in [2.24, 2.45) is 4.99 Å². The molecule has 1 aromatic carbocycles. The van der Waals surface area contributed by atoms with Crippen molar-refractivity contribution in [3.8, 4) is 5.75 Å². The average Bonchev–Trinajstić information content (AvgIpc) is 3.14. The summed E-state index contributed by atoms with van der Waals surface area (Å²) in [4.78, 5) is 4.23. The van der Waals surface area contributed by atoms with Crippen molar-refractivity contribution < 1.29 is 4.74 Å². The van der Waals surface area contributed by atoms with Crippen LogP contribution in [0, 0.1) is 0 Å². The normalized spacial score (nSPS) is 11.6. The third-order valence-electron chi connectivity index (χ3n) is 3.83. The zero-order valence-electron chi connectivity index (χ0n) is 15.4. The Morgan fingerprint density at radius 1 is 1.20 bits per heavy atom. The predicted octanol–water partition coefficient (Wildman–Crippen LogP) is 2.64. The molecule has 6 heteroatoms. The van der Waals surface area contributed by atoms with Gasteiger partial charge in [-0.05, 0) is 30.0 Å². The number of hydrogen-bond donors (Lipinski definition) is 2. The molecule has 6 nitrogen and oxygen atoms in total. The molecule has 1 aromatic heterocycles. The van der Waals surface area contributed by atoms with E-state index in [1.54, 1.807) is 13.2 Å². The lowest BCUT2D eigenvalue weighted by atomic mass is 10.0. The first-order chi connectivity index (χ1) is 12.2. The third-order valence-corrected chi connectivity index (χ3v) is 3.83. The van der Waals surface area contributed by atoms with Gasteiger partial charge in [-0.15, -0.1) is 0 Å². The van der Waals surface area contributed by atoms with Crippen LogP contribution in [0.3, 0.4) is 0 Å². The summed E-state index contributed by atoms with van der Waals surface area (Å²) in [7, 11) is 1.78. The fourth-order valence-electron chi connectivity index (χ4n) is 2.52. The molecule has 0 atom stereocenters.